The number of hydrogen-bond acceptors (Lipinski definition) is 4. The van der Waals surface area contributed by atoms with Crippen LogP contribution in [0.2, 0.25) is 0 Å². The van der Waals surface area contributed by atoms with Crippen molar-refractivity contribution >= 4 is 6.02 Å². The van der Waals surface area contributed by atoms with Crippen LogP contribution in [0.4, 0.5) is 0 Å². The molecule has 1 aliphatic rings. The molecule has 0 amide bonds. The van der Waals surface area contributed by atoms with Crippen LogP contribution in [0.5, 0.6) is 0 Å². The first-order valence-electron chi connectivity index (χ1n) is 3.20. The van der Waals surface area contributed by atoms with Crippen LogP contribution in [0.15, 0.2) is 10.2 Å². The molecule has 0 unspecified atom stereocenters. The predicted molar refractivity (Wildman–Crippen MR) is 35.8 cm³/mol. The highest BCUT2D eigenvalue weighted by Crippen LogP contribution is 2.02. The summed E-state index contributed by atoms with van der Waals surface area (Å²) < 4.78 is 5.07. The Morgan fingerprint density at radius 1 is 1.90 bits per heavy atom. The fourth-order valence-electron chi connectivity index (χ4n) is 0.760. The minimum atomic E-state index is 0.470. The minimum Gasteiger partial charge on any atom is -0.464 e. The molecule has 1 aliphatic heterocycles. The molecule has 0 bridgehead atoms. The molecule has 1 rings (SSSR count). The van der Waals surface area contributed by atoms with Gasteiger partial charge >= 0.3 is 6.02 Å². The maximum atomic E-state index is 6.70. The van der Waals surface area contributed by atoms with E-state index >= 15 is 0 Å². The van der Waals surface area contributed by atoms with E-state index in [0.717, 1.165) is 0 Å². The number of rotatable bonds is 2. The van der Waals surface area contributed by atoms with Crippen LogP contribution in [0, 0.1) is 5.53 Å². The Hall–Kier alpha value is -1.13. The number of amidine groups is 1. The molecule has 0 aromatic carbocycles. The highest BCUT2D eigenvalue weighted by Gasteiger charge is 2.16. The third kappa shape index (κ3) is 1.23. The third-order valence-corrected chi connectivity index (χ3v) is 1.17. The number of nitrogens with zero attached hydrogens (tertiary/aromatic N) is 3. The van der Waals surface area contributed by atoms with Gasteiger partial charge in [0.2, 0.25) is 0 Å². The molecule has 0 fully saturated rings. The fourth-order valence-corrected chi connectivity index (χ4v) is 0.760. The quantitative estimate of drug-likeness (QED) is 0.575. The van der Waals surface area contributed by atoms with Crippen LogP contribution in [0.25, 0.3) is 0 Å². The van der Waals surface area contributed by atoms with Gasteiger partial charge in [-0.1, -0.05) is 5.22 Å². The summed E-state index contributed by atoms with van der Waals surface area (Å²) in [6.07, 6.45) is 0. The lowest BCUT2D eigenvalue weighted by atomic mass is 10.7. The second kappa shape index (κ2) is 3.14. The van der Waals surface area contributed by atoms with Gasteiger partial charge in [0.25, 0.3) is 0 Å². The van der Waals surface area contributed by atoms with E-state index in [-0.39, 0.29) is 0 Å². The summed E-state index contributed by atoms with van der Waals surface area (Å²) in [6, 6.07) is 0.470. The molecule has 0 atom stereocenters. The van der Waals surface area contributed by atoms with E-state index in [1.807, 2.05) is 6.92 Å². The molecule has 0 saturated heterocycles. The van der Waals surface area contributed by atoms with Crippen LogP contribution >= 0.6 is 0 Å². The molecule has 0 aliphatic carbocycles. The summed E-state index contributed by atoms with van der Waals surface area (Å²) in [6.45, 7) is 3.80. The highest BCUT2D eigenvalue weighted by molar-refractivity contribution is 5.74. The van der Waals surface area contributed by atoms with Crippen molar-refractivity contribution < 1.29 is 4.74 Å². The molecule has 0 saturated carbocycles. The summed E-state index contributed by atoms with van der Waals surface area (Å²) in [5.74, 6) is 0. The van der Waals surface area contributed by atoms with Gasteiger partial charge in [0.1, 0.15) is 0 Å². The third-order valence-electron chi connectivity index (χ3n) is 1.17. The Morgan fingerprint density at radius 2 is 2.70 bits per heavy atom. The fraction of sp³-hybridized carbons (Fsp3) is 0.800. The first kappa shape index (κ1) is 6.98. The van der Waals surface area contributed by atoms with Gasteiger partial charge in [0.15, 0.2) is 0 Å². The van der Waals surface area contributed by atoms with Crippen molar-refractivity contribution in [3.05, 3.63) is 0 Å². The lowest BCUT2D eigenvalue weighted by Gasteiger charge is -2.09. The molecule has 56 valence electrons. The normalized spacial score (nSPS) is 16.9. The van der Waals surface area contributed by atoms with Gasteiger partial charge in [-0.3, -0.25) is 0 Å². The van der Waals surface area contributed by atoms with Crippen molar-refractivity contribution in [2.24, 2.45) is 10.2 Å². The standard InChI is InChI=1S/C5H10N4O/c1-2-10-5-7-3-4-9(5)8-6/h6H,2-4H2,1H3. The average molecular weight is 142 g/mol. The molecule has 0 aromatic heterocycles. The molecule has 1 heterocycles. The average Bonchev–Trinajstić information content (AvgIpc) is 2.36. The van der Waals surface area contributed by atoms with Gasteiger partial charge in [-0.25, -0.2) is 4.99 Å². The van der Waals surface area contributed by atoms with Gasteiger partial charge in [0, 0.05) is 0 Å². The van der Waals surface area contributed by atoms with Crippen LogP contribution in [-0.2, 0) is 4.74 Å². The van der Waals surface area contributed by atoms with Gasteiger partial charge in [-0.05, 0) is 6.92 Å². The van der Waals surface area contributed by atoms with E-state index < -0.39 is 0 Å². The molecule has 0 radical (unpaired) electrons. The SMILES string of the molecule is CCOC1=NCCN1N=N. The van der Waals surface area contributed by atoms with Gasteiger partial charge in [-0.2, -0.15) is 10.5 Å². The van der Waals surface area contributed by atoms with Gasteiger partial charge in [-0.15, -0.1) is 0 Å². The first-order valence-corrected chi connectivity index (χ1v) is 3.20. The molecule has 10 heavy (non-hydrogen) atoms. The Balaban J connectivity index is 2.47. The van der Waals surface area contributed by atoms with Gasteiger partial charge < -0.3 is 4.74 Å². The Labute approximate surface area is 59.2 Å². The summed E-state index contributed by atoms with van der Waals surface area (Å²) in [4.78, 5) is 3.98. The second-order valence-electron chi connectivity index (χ2n) is 1.82. The Morgan fingerprint density at radius 3 is 3.30 bits per heavy atom. The Bertz CT molecular complexity index is 156. The van der Waals surface area contributed by atoms with Crippen LogP contribution in [0.3, 0.4) is 0 Å². The van der Waals surface area contributed by atoms with E-state index in [1.54, 1.807) is 0 Å². The van der Waals surface area contributed by atoms with Crippen LogP contribution in [-0.4, -0.2) is 30.7 Å². The summed E-state index contributed by atoms with van der Waals surface area (Å²) in [5.41, 5.74) is 6.70. The van der Waals surface area contributed by atoms with Crippen molar-refractivity contribution in [3.63, 3.8) is 0 Å². The number of nitrogens with one attached hydrogen (secondary N) is 1. The topological polar surface area (TPSA) is 61.0 Å². The van der Waals surface area contributed by atoms with Crippen molar-refractivity contribution in [2.45, 2.75) is 6.92 Å². The summed E-state index contributed by atoms with van der Waals surface area (Å²) >= 11 is 0. The highest BCUT2D eigenvalue weighted by atomic mass is 16.5. The number of aliphatic imine (C=N–C) groups is 1. The van der Waals surface area contributed by atoms with Crippen molar-refractivity contribution in [2.75, 3.05) is 19.7 Å². The molecule has 1 N–H and O–H groups in total. The molecular weight excluding hydrogens is 132 g/mol. The van der Waals surface area contributed by atoms with Crippen molar-refractivity contribution in [1.82, 2.24) is 5.01 Å². The first-order chi connectivity index (χ1) is 4.88. The molecular formula is C5H10N4O. The minimum absolute atomic E-state index is 0.470. The Kier molecular flexibility index (Phi) is 2.20. The lowest BCUT2D eigenvalue weighted by Crippen LogP contribution is -2.23. The number of ether oxygens (including phenoxy) is 1. The summed E-state index contributed by atoms with van der Waals surface area (Å²) in [7, 11) is 0. The lowest BCUT2D eigenvalue weighted by molar-refractivity contribution is 0.255. The molecule has 0 spiro atoms. The second-order valence-corrected chi connectivity index (χ2v) is 1.82. The van der Waals surface area contributed by atoms with E-state index in [9.17, 15) is 0 Å². The smallest absolute Gasteiger partial charge is 0.309 e. The molecule has 0 aromatic rings. The van der Waals surface area contributed by atoms with E-state index in [1.165, 1.54) is 5.01 Å². The largest absolute Gasteiger partial charge is 0.464 e. The van der Waals surface area contributed by atoms with Crippen molar-refractivity contribution in [3.8, 4) is 0 Å². The molecule has 5 heteroatoms. The van der Waals surface area contributed by atoms with Crippen LogP contribution in [0.1, 0.15) is 6.92 Å². The number of hydrogen-bond donors (Lipinski definition) is 1. The zero-order valence-electron chi connectivity index (χ0n) is 5.87. The van der Waals surface area contributed by atoms with E-state index in [4.69, 9.17) is 10.3 Å². The zero-order chi connectivity index (χ0) is 7.40. The van der Waals surface area contributed by atoms with E-state index in [2.05, 4.69) is 10.2 Å². The van der Waals surface area contributed by atoms with Crippen LogP contribution < -0.4 is 0 Å². The summed E-state index contributed by atoms with van der Waals surface area (Å²) in [5, 5.41) is 4.65. The van der Waals surface area contributed by atoms with Crippen molar-refractivity contribution in [1.29, 1.82) is 5.53 Å². The molecule has 5 nitrogen and oxygen atoms in total. The maximum absolute atomic E-state index is 6.70. The maximum Gasteiger partial charge on any atom is 0.309 e. The zero-order valence-corrected chi connectivity index (χ0v) is 5.87. The predicted octanol–water partition coefficient (Wildman–Crippen LogP) is 0.640. The van der Waals surface area contributed by atoms with Gasteiger partial charge in [0.05, 0.1) is 19.7 Å². The monoisotopic (exact) mass is 142 g/mol. The van der Waals surface area contributed by atoms with E-state index in [0.29, 0.717) is 25.7 Å².